The minimum Gasteiger partial charge on any atom is -0.508 e. The van der Waals surface area contributed by atoms with Gasteiger partial charge in [-0.3, -0.25) is 4.79 Å². The van der Waals surface area contributed by atoms with E-state index in [1.165, 1.54) is 0 Å². The Balaban J connectivity index is 1.74. The van der Waals surface area contributed by atoms with Crippen LogP contribution in [0.25, 0.3) is 17.0 Å². The van der Waals surface area contributed by atoms with Gasteiger partial charge in [-0.25, -0.2) is 0 Å². The molecule has 2 aromatic carbocycles. The zero-order chi connectivity index (χ0) is 16.7. The Labute approximate surface area is 139 Å². The highest BCUT2D eigenvalue weighted by Crippen LogP contribution is 2.32. The Bertz CT molecular complexity index is 978. The molecule has 0 bridgehead atoms. The summed E-state index contributed by atoms with van der Waals surface area (Å²) >= 11 is 0. The van der Waals surface area contributed by atoms with E-state index < -0.39 is 0 Å². The van der Waals surface area contributed by atoms with Gasteiger partial charge in [0, 0.05) is 16.5 Å². The van der Waals surface area contributed by atoms with E-state index in [9.17, 15) is 9.90 Å². The van der Waals surface area contributed by atoms with Crippen LogP contribution in [-0.4, -0.2) is 18.0 Å². The summed E-state index contributed by atoms with van der Waals surface area (Å²) in [5.74, 6) is 1.50. The predicted molar refractivity (Wildman–Crippen MR) is 91.5 cm³/mol. The Hall–Kier alpha value is -3.01. The predicted octanol–water partition coefficient (Wildman–Crippen LogP) is 4.36. The number of ether oxygens (including phenoxy) is 1. The van der Waals surface area contributed by atoms with Crippen LogP contribution in [0.5, 0.6) is 11.5 Å². The van der Waals surface area contributed by atoms with Crippen LogP contribution < -0.4 is 4.74 Å². The van der Waals surface area contributed by atoms with Crippen molar-refractivity contribution in [2.24, 2.45) is 0 Å². The first-order valence-electron chi connectivity index (χ1n) is 7.79. The lowest BCUT2D eigenvalue weighted by Crippen LogP contribution is -2.13. The van der Waals surface area contributed by atoms with Crippen molar-refractivity contribution >= 4 is 22.8 Å². The summed E-state index contributed by atoms with van der Waals surface area (Å²) in [5, 5.41) is 10.5. The van der Waals surface area contributed by atoms with E-state index in [2.05, 4.69) is 0 Å². The normalized spacial score (nSPS) is 15.7. The third-order valence-electron chi connectivity index (χ3n) is 4.35. The molecular formula is C20H16O4. The first-order valence-corrected chi connectivity index (χ1v) is 7.79. The summed E-state index contributed by atoms with van der Waals surface area (Å²) in [6.45, 7) is 0. The van der Waals surface area contributed by atoms with Crippen LogP contribution >= 0.6 is 0 Å². The van der Waals surface area contributed by atoms with Gasteiger partial charge >= 0.3 is 0 Å². The second kappa shape index (κ2) is 5.57. The molecule has 1 heterocycles. The molecule has 4 nitrogen and oxygen atoms in total. The number of aromatic hydroxyl groups is 1. The van der Waals surface area contributed by atoms with Gasteiger partial charge in [0.15, 0.2) is 17.1 Å². The smallest absolute Gasteiger partial charge is 0.189 e. The number of furan rings is 1. The fraction of sp³-hybridized carbons (Fsp3) is 0.150. The number of fused-ring (bicyclic) bond motifs is 2. The number of ketones is 1. The Morgan fingerprint density at radius 3 is 2.88 bits per heavy atom. The van der Waals surface area contributed by atoms with Crippen molar-refractivity contribution in [1.29, 1.82) is 0 Å². The molecule has 0 amide bonds. The van der Waals surface area contributed by atoms with Gasteiger partial charge in [0.1, 0.15) is 11.5 Å². The quantitative estimate of drug-likeness (QED) is 0.713. The van der Waals surface area contributed by atoms with Gasteiger partial charge in [-0.15, -0.1) is 0 Å². The number of carbonyl (C=O) groups excluding carboxylic acids is 1. The molecule has 0 fully saturated rings. The maximum atomic E-state index is 12.7. The maximum Gasteiger partial charge on any atom is 0.189 e. The van der Waals surface area contributed by atoms with Crippen LogP contribution in [0, 0.1) is 0 Å². The maximum absolute atomic E-state index is 12.7. The average Bonchev–Trinajstić information content (AvgIpc) is 2.99. The van der Waals surface area contributed by atoms with E-state index in [-0.39, 0.29) is 11.5 Å². The van der Waals surface area contributed by atoms with E-state index in [4.69, 9.17) is 9.15 Å². The first kappa shape index (κ1) is 14.6. The minimum absolute atomic E-state index is 0.0105. The highest BCUT2D eigenvalue weighted by Gasteiger charge is 2.22. The SMILES string of the molecule is COc1cccc2cc(C=C3CCc4cc(O)ccc4C3=O)oc12. The molecule has 4 rings (SSSR count). The zero-order valence-corrected chi connectivity index (χ0v) is 13.2. The van der Waals surface area contributed by atoms with Crippen molar-refractivity contribution in [3.05, 3.63) is 64.9 Å². The van der Waals surface area contributed by atoms with Crippen molar-refractivity contribution in [3.63, 3.8) is 0 Å². The van der Waals surface area contributed by atoms with Crippen LogP contribution in [0.2, 0.25) is 0 Å². The van der Waals surface area contributed by atoms with E-state index in [1.807, 2.05) is 24.3 Å². The standard InChI is InChI=1S/C20H16O4/c1-23-18-4-2-3-14-11-16(24-20(14)18)10-13-6-5-12-9-15(21)7-8-17(12)19(13)22/h2-4,7-11,21H,5-6H2,1H3. The molecule has 1 aliphatic carbocycles. The molecule has 1 aliphatic rings. The molecule has 4 heteroatoms. The van der Waals surface area contributed by atoms with Crippen LogP contribution in [0.1, 0.15) is 28.1 Å². The Morgan fingerprint density at radius 2 is 2.04 bits per heavy atom. The van der Waals surface area contributed by atoms with Crippen molar-refractivity contribution in [2.45, 2.75) is 12.8 Å². The lowest BCUT2D eigenvalue weighted by atomic mass is 9.86. The molecule has 0 atom stereocenters. The van der Waals surface area contributed by atoms with E-state index in [0.29, 0.717) is 34.7 Å². The van der Waals surface area contributed by atoms with Crippen molar-refractivity contribution in [1.82, 2.24) is 0 Å². The minimum atomic E-state index is -0.0105. The largest absolute Gasteiger partial charge is 0.508 e. The molecule has 0 radical (unpaired) electrons. The van der Waals surface area contributed by atoms with Gasteiger partial charge in [-0.1, -0.05) is 12.1 Å². The number of benzene rings is 2. The van der Waals surface area contributed by atoms with Crippen LogP contribution in [0.15, 0.2) is 52.5 Å². The summed E-state index contributed by atoms with van der Waals surface area (Å²) in [4.78, 5) is 12.7. The molecule has 0 saturated carbocycles. The Kier molecular flexibility index (Phi) is 3.38. The van der Waals surface area contributed by atoms with Crippen LogP contribution in [0.3, 0.4) is 0 Å². The first-order chi connectivity index (χ1) is 11.7. The fourth-order valence-corrected chi connectivity index (χ4v) is 3.16. The van der Waals surface area contributed by atoms with Crippen molar-refractivity contribution in [3.8, 4) is 11.5 Å². The van der Waals surface area contributed by atoms with Gasteiger partial charge in [0.25, 0.3) is 0 Å². The highest BCUT2D eigenvalue weighted by molar-refractivity contribution is 6.13. The summed E-state index contributed by atoms with van der Waals surface area (Å²) in [6.07, 6.45) is 3.16. The second-order valence-corrected chi connectivity index (χ2v) is 5.87. The summed E-state index contributed by atoms with van der Waals surface area (Å²) < 4.78 is 11.2. The van der Waals surface area contributed by atoms with Gasteiger partial charge in [-0.05, 0) is 54.8 Å². The molecule has 0 aliphatic heterocycles. The number of allylic oxidation sites excluding steroid dienone is 1. The number of phenols is 1. The number of Topliss-reactive ketones (excluding diaryl/α,β-unsaturated/α-hetero) is 1. The van der Waals surface area contributed by atoms with Gasteiger partial charge in [-0.2, -0.15) is 0 Å². The van der Waals surface area contributed by atoms with Crippen molar-refractivity contribution in [2.75, 3.05) is 7.11 Å². The third kappa shape index (κ3) is 2.36. The molecule has 1 aromatic heterocycles. The molecular weight excluding hydrogens is 304 g/mol. The number of para-hydroxylation sites is 1. The molecule has 0 saturated heterocycles. The molecule has 120 valence electrons. The number of methoxy groups -OCH3 is 1. The zero-order valence-electron chi connectivity index (χ0n) is 13.2. The van der Waals surface area contributed by atoms with Gasteiger partial charge in [0.05, 0.1) is 7.11 Å². The molecule has 24 heavy (non-hydrogen) atoms. The summed E-state index contributed by atoms with van der Waals surface area (Å²) in [6, 6.07) is 12.5. The second-order valence-electron chi connectivity index (χ2n) is 5.87. The number of carbonyl (C=O) groups is 1. The van der Waals surface area contributed by atoms with Crippen molar-refractivity contribution < 1.29 is 19.1 Å². The third-order valence-corrected chi connectivity index (χ3v) is 4.35. The monoisotopic (exact) mass is 320 g/mol. The number of hydrogen-bond acceptors (Lipinski definition) is 4. The summed E-state index contributed by atoms with van der Waals surface area (Å²) in [7, 11) is 1.60. The lowest BCUT2D eigenvalue weighted by Gasteiger charge is -2.17. The molecule has 3 aromatic rings. The average molecular weight is 320 g/mol. The van der Waals surface area contributed by atoms with E-state index >= 15 is 0 Å². The fourth-order valence-electron chi connectivity index (χ4n) is 3.16. The highest BCUT2D eigenvalue weighted by atomic mass is 16.5. The van der Waals surface area contributed by atoms with E-state index in [1.54, 1.807) is 31.4 Å². The molecule has 0 unspecified atom stereocenters. The Morgan fingerprint density at radius 1 is 1.17 bits per heavy atom. The number of phenolic OH excluding ortho intramolecular Hbond substituents is 1. The lowest BCUT2D eigenvalue weighted by molar-refractivity contribution is 0.102. The molecule has 0 spiro atoms. The number of hydrogen-bond donors (Lipinski definition) is 1. The van der Waals surface area contributed by atoms with Crippen LogP contribution in [0.4, 0.5) is 0 Å². The topological polar surface area (TPSA) is 59.7 Å². The van der Waals surface area contributed by atoms with Gasteiger partial charge < -0.3 is 14.3 Å². The van der Waals surface area contributed by atoms with E-state index in [0.717, 1.165) is 17.4 Å². The number of rotatable bonds is 2. The number of aryl methyl sites for hydroxylation is 1. The van der Waals surface area contributed by atoms with Crippen LogP contribution in [-0.2, 0) is 6.42 Å². The molecule has 1 N–H and O–H groups in total. The van der Waals surface area contributed by atoms with Gasteiger partial charge in [0.2, 0.25) is 0 Å². The summed E-state index contributed by atoms with van der Waals surface area (Å²) in [5.41, 5.74) is 2.94.